The number of nitrogens with two attached hydrogens (primary N) is 2. The smallest absolute Gasteiger partial charge is 0.338 e. The zero-order valence-corrected chi connectivity index (χ0v) is 23.8. The molecule has 4 rings (SSSR count). The standard InChI is InChI=1S/C27H40N8O3.ClH/c1-4-32(18-20-15-21(28)16-20)17-19-5-7-22(8-6-19)35-10-9-23(31-26(35)38)30-25(37)34-13-11-33(12-14-34)24(36)27(2,3)29;/h5-10,20-21H,4,11-18,28-29H2,1-3H3,(H,30,31,37,38);1H/t20-,21+;. The number of nitrogens with one attached hydrogen (secondary N) is 1. The van der Waals surface area contributed by atoms with Gasteiger partial charge in [-0.05, 0) is 62.9 Å². The van der Waals surface area contributed by atoms with E-state index in [0.29, 0.717) is 43.8 Å². The van der Waals surface area contributed by atoms with Crippen LogP contribution in [0.4, 0.5) is 10.6 Å². The van der Waals surface area contributed by atoms with E-state index in [4.69, 9.17) is 11.5 Å². The molecule has 39 heavy (non-hydrogen) atoms. The molecule has 3 amide bonds. The quantitative estimate of drug-likeness (QED) is 0.445. The van der Waals surface area contributed by atoms with E-state index >= 15 is 0 Å². The third-order valence-corrected chi connectivity index (χ3v) is 7.30. The lowest BCUT2D eigenvalue weighted by molar-refractivity contribution is -0.137. The molecule has 2 heterocycles. The zero-order valence-electron chi connectivity index (χ0n) is 23.0. The Bertz CT molecular complexity index is 1180. The van der Waals surface area contributed by atoms with E-state index in [1.807, 2.05) is 24.3 Å². The molecular weight excluding hydrogens is 520 g/mol. The van der Waals surface area contributed by atoms with Crippen molar-refractivity contribution in [2.24, 2.45) is 17.4 Å². The average Bonchev–Trinajstić information content (AvgIpc) is 2.87. The van der Waals surface area contributed by atoms with Crippen molar-refractivity contribution in [3.8, 4) is 5.69 Å². The summed E-state index contributed by atoms with van der Waals surface area (Å²) in [7, 11) is 0. The number of hydrogen-bond donors (Lipinski definition) is 3. The van der Waals surface area contributed by atoms with Crippen molar-refractivity contribution in [2.75, 3.05) is 44.6 Å². The van der Waals surface area contributed by atoms with Gasteiger partial charge in [0.05, 0.1) is 11.2 Å². The van der Waals surface area contributed by atoms with Crippen LogP contribution >= 0.6 is 12.4 Å². The topological polar surface area (TPSA) is 143 Å². The number of piperazine rings is 1. The number of carbonyl (C=O) groups excluding carboxylic acids is 2. The fraction of sp³-hybridized carbons (Fsp3) is 0.556. The van der Waals surface area contributed by atoms with E-state index in [2.05, 4.69) is 22.1 Å². The number of rotatable bonds is 8. The number of amides is 3. The maximum atomic E-state index is 12.7. The van der Waals surface area contributed by atoms with Gasteiger partial charge in [0.2, 0.25) is 5.91 Å². The molecule has 1 aromatic carbocycles. The highest BCUT2D eigenvalue weighted by Crippen LogP contribution is 2.27. The van der Waals surface area contributed by atoms with E-state index in [1.54, 1.807) is 35.9 Å². The van der Waals surface area contributed by atoms with Crippen LogP contribution in [-0.4, -0.2) is 87.0 Å². The minimum Gasteiger partial charge on any atom is -0.338 e. The van der Waals surface area contributed by atoms with Crippen molar-refractivity contribution in [1.29, 1.82) is 0 Å². The van der Waals surface area contributed by atoms with E-state index in [1.165, 1.54) is 10.1 Å². The van der Waals surface area contributed by atoms with E-state index < -0.39 is 11.2 Å². The molecule has 1 saturated heterocycles. The molecule has 1 aromatic heterocycles. The maximum absolute atomic E-state index is 12.7. The molecule has 0 atom stereocenters. The van der Waals surface area contributed by atoms with Gasteiger partial charge < -0.3 is 21.3 Å². The number of benzene rings is 1. The first-order chi connectivity index (χ1) is 18.0. The van der Waals surface area contributed by atoms with Crippen LogP contribution in [0.1, 0.15) is 39.2 Å². The summed E-state index contributed by atoms with van der Waals surface area (Å²) in [6.45, 7) is 9.96. The van der Waals surface area contributed by atoms with Crippen LogP contribution in [-0.2, 0) is 11.3 Å². The summed E-state index contributed by atoms with van der Waals surface area (Å²) in [5.41, 5.74) is 12.3. The molecule has 2 aliphatic rings. The Balaban J connectivity index is 0.00000420. The fourth-order valence-electron chi connectivity index (χ4n) is 5.01. The van der Waals surface area contributed by atoms with Crippen molar-refractivity contribution >= 4 is 30.2 Å². The van der Waals surface area contributed by atoms with Gasteiger partial charge in [0.1, 0.15) is 5.82 Å². The summed E-state index contributed by atoms with van der Waals surface area (Å²) in [6, 6.07) is 9.49. The summed E-state index contributed by atoms with van der Waals surface area (Å²) in [5.74, 6) is 0.728. The van der Waals surface area contributed by atoms with Crippen LogP contribution in [0.3, 0.4) is 0 Å². The van der Waals surface area contributed by atoms with Gasteiger partial charge in [0, 0.05) is 51.5 Å². The van der Waals surface area contributed by atoms with Crippen LogP contribution in [0.2, 0.25) is 0 Å². The Labute approximate surface area is 235 Å². The third-order valence-electron chi connectivity index (χ3n) is 7.30. The monoisotopic (exact) mass is 560 g/mol. The largest absolute Gasteiger partial charge is 0.354 e. The Morgan fingerprint density at radius 3 is 2.23 bits per heavy atom. The third kappa shape index (κ3) is 7.78. The van der Waals surface area contributed by atoms with E-state index in [9.17, 15) is 14.4 Å². The van der Waals surface area contributed by atoms with E-state index in [0.717, 1.165) is 32.5 Å². The number of halogens is 1. The first-order valence-electron chi connectivity index (χ1n) is 13.3. The molecular formula is C27H41ClN8O3. The SMILES string of the molecule is CCN(Cc1ccc(-n2ccc(NC(=O)N3CCN(C(=O)C(C)(C)N)CC3)nc2=O)cc1)C[C@H]1C[C@@H](N)C1.Cl. The van der Waals surface area contributed by atoms with E-state index in [-0.39, 0.29) is 30.2 Å². The van der Waals surface area contributed by atoms with Gasteiger partial charge in [-0.1, -0.05) is 19.1 Å². The molecule has 0 radical (unpaired) electrons. The minimum absolute atomic E-state index is 0. The van der Waals surface area contributed by atoms with Gasteiger partial charge in [-0.2, -0.15) is 4.98 Å². The molecule has 0 bridgehead atoms. The minimum atomic E-state index is -0.945. The van der Waals surface area contributed by atoms with Gasteiger partial charge in [0.25, 0.3) is 0 Å². The predicted molar refractivity (Wildman–Crippen MR) is 154 cm³/mol. The first kappa shape index (κ1) is 30.6. The number of anilines is 1. The summed E-state index contributed by atoms with van der Waals surface area (Å²) in [5, 5.41) is 2.69. The van der Waals surface area contributed by atoms with Crippen LogP contribution in [0.5, 0.6) is 0 Å². The van der Waals surface area contributed by atoms with Gasteiger partial charge in [-0.25, -0.2) is 9.59 Å². The average molecular weight is 561 g/mol. The van der Waals surface area contributed by atoms with Crippen LogP contribution in [0, 0.1) is 5.92 Å². The normalized spacial score (nSPS) is 19.3. The maximum Gasteiger partial charge on any atom is 0.354 e. The molecule has 11 nitrogen and oxygen atoms in total. The van der Waals surface area contributed by atoms with Crippen molar-refractivity contribution in [1.82, 2.24) is 24.3 Å². The highest BCUT2D eigenvalue weighted by atomic mass is 35.5. The fourth-order valence-corrected chi connectivity index (χ4v) is 5.01. The van der Waals surface area contributed by atoms with Gasteiger partial charge >= 0.3 is 11.7 Å². The molecule has 1 aliphatic carbocycles. The Morgan fingerprint density at radius 2 is 1.69 bits per heavy atom. The number of aromatic nitrogens is 2. The van der Waals surface area contributed by atoms with Crippen molar-refractivity contribution in [3.63, 3.8) is 0 Å². The van der Waals surface area contributed by atoms with Crippen molar-refractivity contribution in [3.05, 3.63) is 52.6 Å². The number of nitrogens with zero attached hydrogens (tertiary/aromatic N) is 5. The molecule has 5 N–H and O–H groups in total. The highest BCUT2D eigenvalue weighted by Gasteiger charge is 2.31. The molecule has 214 valence electrons. The Kier molecular flexibility index (Phi) is 10.1. The lowest BCUT2D eigenvalue weighted by atomic mass is 9.80. The van der Waals surface area contributed by atoms with Crippen molar-refractivity contribution in [2.45, 2.75) is 51.7 Å². The van der Waals surface area contributed by atoms with Crippen LogP contribution < -0.4 is 22.5 Å². The molecule has 12 heteroatoms. The summed E-state index contributed by atoms with van der Waals surface area (Å²) < 4.78 is 1.45. The second-order valence-corrected chi connectivity index (χ2v) is 11.0. The van der Waals surface area contributed by atoms with Crippen LogP contribution in [0.15, 0.2) is 41.3 Å². The first-order valence-corrected chi connectivity index (χ1v) is 13.3. The van der Waals surface area contributed by atoms with Crippen LogP contribution in [0.25, 0.3) is 5.69 Å². The molecule has 2 fully saturated rings. The van der Waals surface area contributed by atoms with Gasteiger partial charge in [-0.15, -0.1) is 12.4 Å². The number of carbonyl (C=O) groups is 2. The zero-order chi connectivity index (χ0) is 27.4. The second-order valence-electron chi connectivity index (χ2n) is 11.0. The second kappa shape index (κ2) is 12.9. The van der Waals surface area contributed by atoms with Gasteiger partial charge in [0.15, 0.2) is 0 Å². The molecule has 2 aromatic rings. The summed E-state index contributed by atoms with van der Waals surface area (Å²) in [6.07, 6.45) is 3.82. The molecule has 0 spiro atoms. The lowest BCUT2D eigenvalue weighted by Gasteiger charge is -2.37. The molecule has 1 saturated carbocycles. The molecule has 0 unspecified atom stereocenters. The number of hydrogen-bond acceptors (Lipinski definition) is 7. The molecule has 1 aliphatic heterocycles. The Morgan fingerprint density at radius 1 is 1.08 bits per heavy atom. The number of urea groups is 1. The Hall–Kier alpha value is -2.99. The summed E-state index contributed by atoms with van der Waals surface area (Å²) >= 11 is 0. The summed E-state index contributed by atoms with van der Waals surface area (Å²) in [4.78, 5) is 47.5. The van der Waals surface area contributed by atoms with Crippen molar-refractivity contribution < 1.29 is 9.59 Å². The van der Waals surface area contributed by atoms with Gasteiger partial charge in [-0.3, -0.25) is 19.6 Å². The predicted octanol–water partition coefficient (Wildman–Crippen LogP) is 1.63. The highest BCUT2D eigenvalue weighted by molar-refractivity contribution is 5.89. The lowest BCUT2D eigenvalue weighted by Crippen LogP contribution is -2.58.